The van der Waals surface area contributed by atoms with E-state index in [9.17, 15) is 0 Å². The Morgan fingerprint density at radius 1 is 1.21 bits per heavy atom. The quantitative estimate of drug-likeness (QED) is 0.776. The molecule has 2 heterocycles. The van der Waals surface area contributed by atoms with Gasteiger partial charge in [-0.2, -0.15) is 0 Å². The van der Waals surface area contributed by atoms with E-state index in [1.54, 1.807) is 13.3 Å². The molecule has 0 fully saturated rings. The van der Waals surface area contributed by atoms with Crippen molar-refractivity contribution < 1.29 is 4.74 Å². The summed E-state index contributed by atoms with van der Waals surface area (Å²) in [5, 5.41) is 0. The minimum Gasteiger partial charge on any atom is -0.385 e. The molecular weight excluding hydrogens is 240 g/mol. The van der Waals surface area contributed by atoms with Crippen LogP contribution in [-0.4, -0.2) is 28.3 Å². The summed E-state index contributed by atoms with van der Waals surface area (Å²) in [7, 11) is 1.74. The standard InChI is InChI=1S/C14H20N4O/c1-19-8-4-2-3-7-18-11-16-10-13(18)12-5-6-14(15)17-9-12/h5-6,9-11H,2-4,7-8H2,1H3,(H2,15,17). The van der Waals surface area contributed by atoms with Crippen molar-refractivity contribution in [1.29, 1.82) is 0 Å². The molecule has 0 aromatic carbocycles. The molecule has 2 aromatic heterocycles. The maximum atomic E-state index is 5.60. The molecule has 19 heavy (non-hydrogen) atoms. The van der Waals surface area contributed by atoms with Gasteiger partial charge >= 0.3 is 0 Å². The van der Waals surface area contributed by atoms with Gasteiger partial charge in [-0.1, -0.05) is 0 Å². The van der Waals surface area contributed by atoms with E-state index in [2.05, 4.69) is 14.5 Å². The molecule has 0 bridgehead atoms. The van der Waals surface area contributed by atoms with Crippen LogP contribution in [0, 0.1) is 0 Å². The van der Waals surface area contributed by atoms with Gasteiger partial charge in [0, 0.05) is 32.0 Å². The Labute approximate surface area is 113 Å². The third-order valence-corrected chi connectivity index (χ3v) is 3.04. The van der Waals surface area contributed by atoms with Crippen molar-refractivity contribution in [2.24, 2.45) is 0 Å². The van der Waals surface area contributed by atoms with Crippen molar-refractivity contribution in [3.63, 3.8) is 0 Å². The minimum absolute atomic E-state index is 0.536. The highest BCUT2D eigenvalue weighted by atomic mass is 16.5. The number of nitrogen functional groups attached to an aromatic ring is 1. The molecule has 0 unspecified atom stereocenters. The van der Waals surface area contributed by atoms with Gasteiger partial charge in [0.1, 0.15) is 5.82 Å². The van der Waals surface area contributed by atoms with Crippen LogP contribution in [0.25, 0.3) is 11.3 Å². The third kappa shape index (κ3) is 3.79. The summed E-state index contributed by atoms with van der Waals surface area (Å²) in [6, 6.07) is 3.78. The molecule has 2 aromatic rings. The first-order valence-electron chi connectivity index (χ1n) is 6.52. The number of anilines is 1. The van der Waals surface area contributed by atoms with Crippen LogP contribution >= 0.6 is 0 Å². The van der Waals surface area contributed by atoms with Crippen molar-refractivity contribution >= 4 is 5.82 Å². The highest BCUT2D eigenvalue weighted by Gasteiger charge is 2.05. The Morgan fingerprint density at radius 3 is 2.84 bits per heavy atom. The number of hydrogen-bond acceptors (Lipinski definition) is 4. The van der Waals surface area contributed by atoms with E-state index in [0.29, 0.717) is 5.82 Å². The second-order valence-electron chi connectivity index (χ2n) is 4.50. The molecule has 102 valence electrons. The number of hydrogen-bond donors (Lipinski definition) is 1. The lowest BCUT2D eigenvalue weighted by molar-refractivity contribution is 0.191. The van der Waals surface area contributed by atoms with E-state index < -0.39 is 0 Å². The molecule has 0 atom stereocenters. The number of nitrogens with two attached hydrogens (primary N) is 1. The number of aryl methyl sites for hydroxylation is 1. The monoisotopic (exact) mass is 260 g/mol. The van der Waals surface area contributed by atoms with Crippen LogP contribution in [0.5, 0.6) is 0 Å². The van der Waals surface area contributed by atoms with E-state index in [4.69, 9.17) is 10.5 Å². The SMILES string of the molecule is COCCCCCn1cncc1-c1ccc(N)nc1. The topological polar surface area (TPSA) is 66.0 Å². The zero-order chi connectivity index (χ0) is 13.5. The molecule has 0 amide bonds. The molecule has 5 nitrogen and oxygen atoms in total. The van der Waals surface area contributed by atoms with Crippen LogP contribution in [0.3, 0.4) is 0 Å². The van der Waals surface area contributed by atoms with Gasteiger partial charge in [0.2, 0.25) is 0 Å². The fraction of sp³-hybridized carbons (Fsp3) is 0.429. The Balaban J connectivity index is 1.96. The van der Waals surface area contributed by atoms with E-state index in [1.165, 1.54) is 0 Å². The second kappa shape index (κ2) is 6.89. The first kappa shape index (κ1) is 13.5. The average molecular weight is 260 g/mol. The fourth-order valence-electron chi connectivity index (χ4n) is 2.00. The summed E-state index contributed by atoms with van der Waals surface area (Å²) in [5.41, 5.74) is 7.73. The van der Waals surface area contributed by atoms with Gasteiger partial charge in [0.05, 0.1) is 18.2 Å². The predicted octanol–water partition coefficient (Wildman–Crippen LogP) is 2.34. The number of unbranched alkanes of at least 4 members (excludes halogenated alkanes) is 2. The zero-order valence-electron chi connectivity index (χ0n) is 11.2. The summed E-state index contributed by atoms with van der Waals surface area (Å²) in [4.78, 5) is 8.33. The normalized spacial score (nSPS) is 10.8. The van der Waals surface area contributed by atoms with Gasteiger partial charge in [0.25, 0.3) is 0 Å². The average Bonchev–Trinajstić information content (AvgIpc) is 2.88. The van der Waals surface area contributed by atoms with E-state index in [1.807, 2.05) is 24.7 Å². The smallest absolute Gasteiger partial charge is 0.123 e. The van der Waals surface area contributed by atoms with Crippen LogP contribution in [0.2, 0.25) is 0 Å². The minimum atomic E-state index is 0.536. The van der Waals surface area contributed by atoms with Gasteiger partial charge in [0.15, 0.2) is 0 Å². The molecule has 2 rings (SSSR count). The van der Waals surface area contributed by atoms with Crippen molar-refractivity contribution in [3.8, 4) is 11.3 Å². The predicted molar refractivity (Wildman–Crippen MR) is 75.6 cm³/mol. The number of ether oxygens (including phenoxy) is 1. The fourth-order valence-corrected chi connectivity index (χ4v) is 2.00. The molecule has 0 saturated heterocycles. The van der Waals surface area contributed by atoms with Crippen LogP contribution < -0.4 is 5.73 Å². The van der Waals surface area contributed by atoms with Crippen molar-refractivity contribution in [2.75, 3.05) is 19.5 Å². The summed E-state index contributed by atoms with van der Waals surface area (Å²) < 4.78 is 7.20. The van der Waals surface area contributed by atoms with Gasteiger partial charge < -0.3 is 15.0 Å². The zero-order valence-corrected chi connectivity index (χ0v) is 11.2. The number of imidazole rings is 1. The maximum Gasteiger partial charge on any atom is 0.123 e. The summed E-state index contributed by atoms with van der Waals surface area (Å²) in [5.74, 6) is 0.536. The largest absolute Gasteiger partial charge is 0.385 e. The van der Waals surface area contributed by atoms with Gasteiger partial charge in [-0.25, -0.2) is 9.97 Å². The van der Waals surface area contributed by atoms with Crippen LogP contribution in [0.4, 0.5) is 5.82 Å². The number of pyridine rings is 1. The Morgan fingerprint density at radius 2 is 2.11 bits per heavy atom. The lowest BCUT2D eigenvalue weighted by Crippen LogP contribution is -2.00. The summed E-state index contributed by atoms with van der Waals surface area (Å²) in [6.07, 6.45) is 8.89. The number of methoxy groups -OCH3 is 1. The summed E-state index contributed by atoms with van der Waals surface area (Å²) >= 11 is 0. The molecule has 2 N–H and O–H groups in total. The lowest BCUT2D eigenvalue weighted by Gasteiger charge is -2.08. The Bertz CT molecular complexity index is 492. The van der Waals surface area contributed by atoms with Gasteiger partial charge in [-0.05, 0) is 31.4 Å². The van der Waals surface area contributed by atoms with Crippen molar-refractivity contribution in [2.45, 2.75) is 25.8 Å². The number of nitrogens with zero attached hydrogens (tertiary/aromatic N) is 3. The highest BCUT2D eigenvalue weighted by Crippen LogP contribution is 2.19. The molecule has 0 saturated carbocycles. The van der Waals surface area contributed by atoms with Crippen LogP contribution in [-0.2, 0) is 11.3 Å². The second-order valence-corrected chi connectivity index (χ2v) is 4.50. The van der Waals surface area contributed by atoms with Crippen molar-refractivity contribution in [3.05, 3.63) is 30.9 Å². The molecule has 0 aliphatic carbocycles. The molecule has 0 radical (unpaired) electrons. The van der Waals surface area contributed by atoms with E-state index in [-0.39, 0.29) is 0 Å². The van der Waals surface area contributed by atoms with E-state index >= 15 is 0 Å². The molecule has 0 aliphatic heterocycles. The number of aromatic nitrogens is 3. The molecule has 5 heteroatoms. The third-order valence-electron chi connectivity index (χ3n) is 3.04. The van der Waals surface area contributed by atoms with E-state index in [0.717, 1.165) is 43.7 Å². The molecule has 0 aliphatic rings. The maximum absolute atomic E-state index is 5.60. The van der Waals surface area contributed by atoms with Crippen molar-refractivity contribution in [1.82, 2.24) is 14.5 Å². The molecular formula is C14H20N4O. The van der Waals surface area contributed by atoms with Gasteiger partial charge in [-0.3, -0.25) is 0 Å². The highest BCUT2D eigenvalue weighted by molar-refractivity contribution is 5.58. The molecule has 0 spiro atoms. The first-order chi connectivity index (χ1) is 9.31. The summed E-state index contributed by atoms with van der Waals surface area (Å²) in [6.45, 7) is 1.79. The number of rotatable bonds is 7. The van der Waals surface area contributed by atoms with Crippen LogP contribution in [0.1, 0.15) is 19.3 Å². The first-order valence-corrected chi connectivity index (χ1v) is 6.52. The Kier molecular flexibility index (Phi) is 4.92. The van der Waals surface area contributed by atoms with Crippen LogP contribution in [0.15, 0.2) is 30.9 Å². The Hall–Kier alpha value is -1.88. The lowest BCUT2D eigenvalue weighted by atomic mass is 10.2. The van der Waals surface area contributed by atoms with Gasteiger partial charge in [-0.15, -0.1) is 0 Å².